The summed E-state index contributed by atoms with van der Waals surface area (Å²) in [4.78, 5) is 24.0. The molecule has 0 saturated carbocycles. The van der Waals surface area contributed by atoms with E-state index in [1.165, 1.54) is 24.3 Å². The maximum atomic E-state index is 13.5. The van der Waals surface area contributed by atoms with Gasteiger partial charge in [0, 0.05) is 16.6 Å². The molecule has 1 aromatic heterocycles. The zero-order chi connectivity index (χ0) is 19.4. The van der Waals surface area contributed by atoms with Gasteiger partial charge >= 0.3 is 5.97 Å². The van der Waals surface area contributed by atoms with Gasteiger partial charge in [-0.3, -0.25) is 4.79 Å². The SMILES string of the molecule is O=C(COC(=O)c1sc2cc(F)ccc2c1Cl)NCCc1ccccc1F. The van der Waals surface area contributed by atoms with Crippen LogP contribution in [0.2, 0.25) is 5.02 Å². The number of carbonyl (C=O) groups excluding carboxylic acids is 2. The van der Waals surface area contributed by atoms with Gasteiger partial charge in [-0.25, -0.2) is 13.6 Å². The van der Waals surface area contributed by atoms with Crippen LogP contribution in [0.4, 0.5) is 8.78 Å². The molecule has 3 rings (SSSR count). The average Bonchev–Trinajstić information content (AvgIpc) is 2.97. The van der Waals surface area contributed by atoms with Gasteiger partial charge in [0.25, 0.3) is 5.91 Å². The van der Waals surface area contributed by atoms with Crippen molar-refractivity contribution in [3.05, 3.63) is 69.6 Å². The highest BCUT2D eigenvalue weighted by Gasteiger charge is 2.19. The van der Waals surface area contributed by atoms with Gasteiger partial charge in [-0.1, -0.05) is 29.8 Å². The van der Waals surface area contributed by atoms with E-state index in [0.717, 1.165) is 11.3 Å². The van der Waals surface area contributed by atoms with Crippen LogP contribution >= 0.6 is 22.9 Å². The quantitative estimate of drug-likeness (QED) is 0.616. The molecule has 0 fully saturated rings. The number of esters is 1. The second-order valence-electron chi connectivity index (χ2n) is 5.65. The molecule has 27 heavy (non-hydrogen) atoms. The fourth-order valence-corrected chi connectivity index (χ4v) is 3.88. The maximum absolute atomic E-state index is 13.5. The minimum atomic E-state index is -0.758. The third kappa shape index (κ3) is 4.61. The summed E-state index contributed by atoms with van der Waals surface area (Å²) in [7, 11) is 0. The van der Waals surface area contributed by atoms with E-state index in [4.69, 9.17) is 16.3 Å². The summed E-state index contributed by atoms with van der Waals surface area (Å²) in [6.07, 6.45) is 0.320. The summed E-state index contributed by atoms with van der Waals surface area (Å²) in [5, 5.41) is 3.26. The predicted molar refractivity (Wildman–Crippen MR) is 100 cm³/mol. The van der Waals surface area contributed by atoms with E-state index in [0.29, 0.717) is 22.1 Å². The molecule has 0 aliphatic rings. The molecule has 0 aliphatic carbocycles. The normalized spacial score (nSPS) is 10.8. The van der Waals surface area contributed by atoms with Crippen LogP contribution in [0.15, 0.2) is 42.5 Å². The predicted octanol–water partition coefficient (Wildman–Crippen LogP) is 4.35. The average molecular weight is 410 g/mol. The van der Waals surface area contributed by atoms with Crippen LogP contribution in [0.5, 0.6) is 0 Å². The van der Waals surface area contributed by atoms with Gasteiger partial charge in [-0.05, 0) is 36.2 Å². The number of rotatable bonds is 6. The van der Waals surface area contributed by atoms with Crippen molar-refractivity contribution in [2.75, 3.05) is 13.2 Å². The molecule has 140 valence electrons. The second kappa shape index (κ2) is 8.45. The van der Waals surface area contributed by atoms with Crippen LogP contribution in [-0.4, -0.2) is 25.0 Å². The molecule has 1 N–H and O–H groups in total. The molecule has 8 heteroatoms. The van der Waals surface area contributed by atoms with Crippen molar-refractivity contribution in [2.24, 2.45) is 0 Å². The van der Waals surface area contributed by atoms with Gasteiger partial charge < -0.3 is 10.1 Å². The van der Waals surface area contributed by atoms with Crippen LogP contribution < -0.4 is 5.32 Å². The van der Waals surface area contributed by atoms with Crippen molar-refractivity contribution in [3.8, 4) is 0 Å². The Balaban J connectivity index is 1.52. The number of halogens is 3. The molecule has 3 aromatic rings. The lowest BCUT2D eigenvalue weighted by Gasteiger charge is -2.07. The number of carbonyl (C=O) groups is 2. The van der Waals surface area contributed by atoms with Gasteiger partial charge in [0.1, 0.15) is 16.5 Å². The largest absolute Gasteiger partial charge is 0.451 e. The van der Waals surface area contributed by atoms with E-state index in [2.05, 4.69) is 5.32 Å². The number of ether oxygens (including phenoxy) is 1. The lowest BCUT2D eigenvalue weighted by atomic mass is 10.1. The van der Waals surface area contributed by atoms with Crippen molar-refractivity contribution in [3.63, 3.8) is 0 Å². The molecule has 1 heterocycles. The van der Waals surface area contributed by atoms with Crippen molar-refractivity contribution in [2.45, 2.75) is 6.42 Å². The highest BCUT2D eigenvalue weighted by Crippen LogP contribution is 2.36. The fourth-order valence-electron chi connectivity index (χ4n) is 2.46. The number of benzene rings is 2. The Bertz CT molecular complexity index is 1010. The van der Waals surface area contributed by atoms with Crippen molar-refractivity contribution in [1.82, 2.24) is 5.32 Å². The monoisotopic (exact) mass is 409 g/mol. The Morgan fingerprint density at radius 3 is 2.70 bits per heavy atom. The highest BCUT2D eigenvalue weighted by molar-refractivity contribution is 7.21. The molecule has 0 atom stereocenters. The van der Waals surface area contributed by atoms with Gasteiger partial charge in [-0.15, -0.1) is 11.3 Å². The van der Waals surface area contributed by atoms with Crippen LogP contribution in [0.3, 0.4) is 0 Å². The van der Waals surface area contributed by atoms with Crippen LogP contribution in [0.25, 0.3) is 10.1 Å². The van der Waals surface area contributed by atoms with Gasteiger partial charge in [0.2, 0.25) is 0 Å². The number of hydrogen-bond acceptors (Lipinski definition) is 4. The molecule has 0 spiro atoms. The molecule has 0 saturated heterocycles. The number of hydrogen-bond donors (Lipinski definition) is 1. The number of fused-ring (bicyclic) bond motifs is 1. The second-order valence-corrected chi connectivity index (χ2v) is 7.08. The lowest BCUT2D eigenvalue weighted by Crippen LogP contribution is -2.30. The zero-order valence-corrected chi connectivity index (χ0v) is 15.5. The fraction of sp³-hybridized carbons (Fsp3) is 0.158. The van der Waals surface area contributed by atoms with Gasteiger partial charge in [-0.2, -0.15) is 0 Å². The van der Waals surface area contributed by atoms with Crippen molar-refractivity contribution < 1.29 is 23.1 Å². The van der Waals surface area contributed by atoms with Gasteiger partial charge in [0.15, 0.2) is 6.61 Å². The third-order valence-electron chi connectivity index (χ3n) is 3.79. The number of nitrogens with one attached hydrogen (secondary N) is 1. The Labute approximate surface area is 162 Å². The zero-order valence-electron chi connectivity index (χ0n) is 13.9. The Morgan fingerprint density at radius 2 is 1.93 bits per heavy atom. The molecular weight excluding hydrogens is 396 g/mol. The number of thiophene rings is 1. The van der Waals surface area contributed by atoms with Crippen molar-refractivity contribution >= 4 is 44.9 Å². The molecule has 4 nitrogen and oxygen atoms in total. The smallest absolute Gasteiger partial charge is 0.350 e. The summed E-state index contributed by atoms with van der Waals surface area (Å²) < 4.78 is 32.2. The standard InChI is InChI=1S/C19H14ClF2NO3S/c20-17-13-6-5-12(21)9-15(13)27-18(17)19(25)26-10-16(24)23-8-7-11-3-1-2-4-14(11)22/h1-6,9H,7-8,10H2,(H,23,24). The first-order chi connectivity index (χ1) is 13.0. The van der Waals surface area contributed by atoms with E-state index in [9.17, 15) is 18.4 Å². The molecule has 0 radical (unpaired) electrons. The minimum absolute atomic E-state index is 0.108. The topological polar surface area (TPSA) is 55.4 Å². The van der Waals surface area contributed by atoms with Crippen LogP contribution in [0.1, 0.15) is 15.2 Å². The Kier molecular flexibility index (Phi) is 6.03. The van der Waals surface area contributed by atoms with Gasteiger partial charge in [0.05, 0.1) is 5.02 Å². The Hall–Kier alpha value is -2.51. The van der Waals surface area contributed by atoms with E-state index in [-0.39, 0.29) is 22.3 Å². The Morgan fingerprint density at radius 1 is 1.15 bits per heavy atom. The first-order valence-electron chi connectivity index (χ1n) is 8.00. The highest BCUT2D eigenvalue weighted by atomic mass is 35.5. The minimum Gasteiger partial charge on any atom is -0.451 e. The molecule has 0 aliphatic heterocycles. The molecular formula is C19H14ClF2NO3S. The maximum Gasteiger partial charge on any atom is 0.350 e. The summed E-state index contributed by atoms with van der Waals surface area (Å²) in [5.74, 6) is -2.04. The molecule has 2 aromatic carbocycles. The van der Waals surface area contributed by atoms with Crippen molar-refractivity contribution in [1.29, 1.82) is 0 Å². The number of amides is 1. The van der Waals surface area contributed by atoms with Crippen LogP contribution in [0, 0.1) is 11.6 Å². The molecule has 0 unspecified atom stereocenters. The van der Waals surface area contributed by atoms with E-state index < -0.39 is 24.3 Å². The van der Waals surface area contributed by atoms with E-state index in [1.807, 2.05) is 0 Å². The van der Waals surface area contributed by atoms with Crippen LogP contribution in [-0.2, 0) is 16.0 Å². The summed E-state index contributed by atoms with van der Waals surface area (Å²) in [6.45, 7) is -0.282. The van der Waals surface area contributed by atoms with E-state index >= 15 is 0 Å². The van der Waals surface area contributed by atoms with E-state index in [1.54, 1.807) is 18.2 Å². The summed E-state index contributed by atoms with van der Waals surface area (Å²) >= 11 is 7.13. The molecule has 0 bridgehead atoms. The first kappa shape index (κ1) is 19.3. The molecule has 1 amide bonds. The summed E-state index contributed by atoms with van der Waals surface area (Å²) in [5.41, 5.74) is 0.485. The summed E-state index contributed by atoms with van der Waals surface area (Å²) in [6, 6.07) is 10.3. The third-order valence-corrected chi connectivity index (χ3v) is 5.42. The first-order valence-corrected chi connectivity index (χ1v) is 9.20. The lowest BCUT2D eigenvalue weighted by molar-refractivity contribution is -0.124.